The molecule has 0 saturated carbocycles. The van der Waals surface area contributed by atoms with Crippen molar-refractivity contribution in [1.29, 1.82) is 0 Å². The largest absolute Gasteiger partial charge is 0.356 e. The van der Waals surface area contributed by atoms with Gasteiger partial charge in [-0.05, 0) is 46.5 Å². The Labute approximate surface area is 122 Å². The molecule has 0 aliphatic carbocycles. The van der Waals surface area contributed by atoms with Gasteiger partial charge in [0.05, 0.1) is 4.47 Å². The molecular weight excluding hydrogens is 309 g/mol. The van der Waals surface area contributed by atoms with Crippen LogP contribution in [-0.2, 0) is 6.42 Å². The predicted octanol–water partition coefficient (Wildman–Crippen LogP) is 3.10. The first-order valence-electron chi connectivity index (χ1n) is 6.55. The van der Waals surface area contributed by atoms with Crippen molar-refractivity contribution in [3.63, 3.8) is 0 Å². The Balaban J connectivity index is 2.33. The van der Waals surface area contributed by atoms with E-state index in [0.717, 1.165) is 43.9 Å². The Bertz CT molecular complexity index is 421. The molecule has 5 heteroatoms. The van der Waals surface area contributed by atoms with Gasteiger partial charge in [-0.3, -0.25) is 4.99 Å². The normalized spacial score (nSPS) is 11.5. The lowest BCUT2D eigenvalue weighted by atomic mass is 10.1. The van der Waals surface area contributed by atoms with Gasteiger partial charge < -0.3 is 10.6 Å². The third kappa shape index (κ3) is 6.05. The van der Waals surface area contributed by atoms with Crippen LogP contribution in [0.25, 0.3) is 0 Å². The van der Waals surface area contributed by atoms with Gasteiger partial charge in [-0.15, -0.1) is 0 Å². The lowest BCUT2D eigenvalue weighted by Crippen LogP contribution is -2.38. The van der Waals surface area contributed by atoms with Crippen LogP contribution in [0.15, 0.2) is 27.7 Å². The molecule has 3 nitrogen and oxygen atoms in total. The number of benzene rings is 1. The van der Waals surface area contributed by atoms with Crippen molar-refractivity contribution in [2.24, 2.45) is 4.99 Å². The van der Waals surface area contributed by atoms with Crippen LogP contribution in [0.1, 0.15) is 25.3 Å². The smallest absolute Gasteiger partial charge is 0.190 e. The van der Waals surface area contributed by atoms with Crippen molar-refractivity contribution in [2.45, 2.75) is 26.2 Å². The summed E-state index contributed by atoms with van der Waals surface area (Å²) in [4.78, 5) is 4.15. The number of hydrogen-bond acceptors (Lipinski definition) is 1. The number of nitrogens with one attached hydrogen (secondary N) is 2. The molecule has 2 N–H and O–H groups in total. The molecule has 1 rings (SSSR count). The fourth-order valence-corrected chi connectivity index (χ4v) is 2.05. The third-order valence-corrected chi connectivity index (χ3v) is 3.34. The van der Waals surface area contributed by atoms with Crippen LogP contribution in [0.3, 0.4) is 0 Å². The van der Waals surface area contributed by atoms with Crippen molar-refractivity contribution >= 4 is 21.9 Å². The van der Waals surface area contributed by atoms with E-state index in [1.165, 1.54) is 6.07 Å². The number of halogens is 2. The first kappa shape index (κ1) is 16.0. The second kappa shape index (κ2) is 8.91. The summed E-state index contributed by atoms with van der Waals surface area (Å²) < 4.78 is 13.6. The molecule has 0 bridgehead atoms. The highest BCUT2D eigenvalue weighted by molar-refractivity contribution is 9.10. The zero-order valence-corrected chi connectivity index (χ0v) is 13.1. The average Bonchev–Trinajstić information content (AvgIpc) is 2.41. The Kier molecular flexibility index (Phi) is 7.48. The van der Waals surface area contributed by atoms with Crippen LogP contribution in [0.2, 0.25) is 0 Å². The van der Waals surface area contributed by atoms with Crippen LogP contribution in [0.4, 0.5) is 4.39 Å². The van der Waals surface area contributed by atoms with Crippen molar-refractivity contribution < 1.29 is 4.39 Å². The van der Waals surface area contributed by atoms with E-state index in [1.807, 2.05) is 6.07 Å². The van der Waals surface area contributed by atoms with E-state index in [9.17, 15) is 4.39 Å². The van der Waals surface area contributed by atoms with Gasteiger partial charge in [0.25, 0.3) is 0 Å². The van der Waals surface area contributed by atoms with Crippen molar-refractivity contribution in [1.82, 2.24) is 10.6 Å². The Morgan fingerprint density at radius 3 is 2.68 bits per heavy atom. The fraction of sp³-hybridized carbons (Fsp3) is 0.500. The number of aliphatic imine (C=N–C) groups is 1. The molecule has 1 aromatic rings. The van der Waals surface area contributed by atoms with E-state index < -0.39 is 0 Å². The summed E-state index contributed by atoms with van der Waals surface area (Å²) in [6.45, 7) is 3.85. The standard InChI is InChI=1S/C14H21BrFN3/c1-3-4-8-18-14(17-2)19-9-7-11-5-6-13(16)12(15)10-11/h5-6,10H,3-4,7-9H2,1-2H3,(H2,17,18,19). The Morgan fingerprint density at radius 1 is 1.32 bits per heavy atom. The fourth-order valence-electron chi connectivity index (χ4n) is 1.62. The zero-order valence-electron chi connectivity index (χ0n) is 11.5. The van der Waals surface area contributed by atoms with Crippen molar-refractivity contribution in [3.8, 4) is 0 Å². The second-order valence-electron chi connectivity index (χ2n) is 4.28. The molecule has 0 unspecified atom stereocenters. The van der Waals surface area contributed by atoms with E-state index in [2.05, 4.69) is 38.5 Å². The van der Waals surface area contributed by atoms with E-state index in [4.69, 9.17) is 0 Å². The summed E-state index contributed by atoms with van der Waals surface area (Å²) in [7, 11) is 1.76. The van der Waals surface area contributed by atoms with Gasteiger partial charge in [-0.1, -0.05) is 19.4 Å². The monoisotopic (exact) mass is 329 g/mol. The molecule has 0 spiro atoms. The van der Waals surface area contributed by atoms with Gasteiger partial charge in [-0.25, -0.2) is 4.39 Å². The molecule has 0 aromatic heterocycles. The van der Waals surface area contributed by atoms with Crippen molar-refractivity contribution in [3.05, 3.63) is 34.1 Å². The summed E-state index contributed by atoms with van der Waals surface area (Å²) in [6.07, 6.45) is 3.12. The van der Waals surface area contributed by atoms with Crippen LogP contribution < -0.4 is 10.6 Å². The maximum absolute atomic E-state index is 13.1. The summed E-state index contributed by atoms with van der Waals surface area (Å²) in [6, 6.07) is 5.09. The number of guanidine groups is 1. The highest BCUT2D eigenvalue weighted by atomic mass is 79.9. The molecule has 0 heterocycles. The molecule has 0 radical (unpaired) electrons. The molecule has 0 atom stereocenters. The lowest BCUT2D eigenvalue weighted by molar-refractivity contribution is 0.620. The number of rotatable bonds is 6. The van der Waals surface area contributed by atoms with E-state index in [1.54, 1.807) is 13.1 Å². The van der Waals surface area contributed by atoms with Crippen LogP contribution in [0.5, 0.6) is 0 Å². The number of unbranched alkanes of at least 4 members (excludes halogenated alkanes) is 1. The molecule has 106 valence electrons. The Hall–Kier alpha value is -1.10. The van der Waals surface area contributed by atoms with Crippen LogP contribution >= 0.6 is 15.9 Å². The maximum Gasteiger partial charge on any atom is 0.190 e. The minimum Gasteiger partial charge on any atom is -0.356 e. The molecule has 0 aliphatic heterocycles. The van der Waals surface area contributed by atoms with Gasteiger partial charge in [0.2, 0.25) is 0 Å². The maximum atomic E-state index is 13.1. The molecule has 0 saturated heterocycles. The van der Waals surface area contributed by atoms with Crippen LogP contribution in [-0.4, -0.2) is 26.1 Å². The quantitative estimate of drug-likeness (QED) is 0.478. The van der Waals surface area contributed by atoms with E-state index in [0.29, 0.717) is 4.47 Å². The highest BCUT2D eigenvalue weighted by Crippen LogP contribution is 2.16. The minimum absolute atomic E-state index is 0.228. The third-order valence-electron chi connectivity index (χ3n) is 2.74. The van der Waals surface area contributed by atoms with Gasteiger partial charge in [-0.2, -0.15) is 0 Å². The van der Waals surface area contributed by atoms with Gasteiger partial charge >= 0.3 is 0 Å². The molecule has 0 amide bonds. The summed E-state index contributed by atoms with van der Waals surface area (Å²) in [5.74, 6) is 0.586. The SMILES string of the molecule is CCCCNC(=NC)NCCc1ccc(F)c(Br)c1. The summed E-state index contributed by atoms with van der Waals surface area (Å²) in [5, 5.41) is 6.49. The molecule has 1 aromatic carbocycles. The topological polar surface area (TPSA) is 36.4 Å². The second-order valence-corrected chi connectivity index (χ2v) is 5.13. The molecular formula is C14H21BrFN3. The van der Waals surface area contributed by atoms with E-state index in [-0.39, 0.29) is 5.82 Å². The van der Waals surface area contributed by atoms with Gasteiger partial charge in [0, 0.05) is 20.1 Å². The Morgan fingerprint density at radius 2 is 2.05 bits per heavy atom. The minimum atomic E-state index is -0.228. The number of nitrogens with zero attached hydrogens (tertiary/aromatic N) is 1. The average molecular weight is 330 g/mol. The number of hydrogen-bond donors (Lipinski definition) is 2. The molecule has 0 fully saturated rings. The predicted molar refractivity (Wildman–Crippen MR) is 82.1 cm³/mol. The van der Waals surface area contributed by atoms with Crippen molar-refractivity contribution in [2.75, 3.05) is 20.1 Å². The molecule has 19 heavy (non-hydrogen) atoms. The molecule has 0 aliphatic rings. The first-order chi connectivity index (χ1) is 9.17. The van der Waals surface area contributed by atoms with Crippen LogP contribution in [0, 0.1) is 5.82 Å². The summed E-state index contributed by atoms with van der Waals surface area (Å²) in [5.41, 5.74) is 1.09. The summed E-state index contributed by atoms with van der Waals surface area (Å²) >= 11 is 3.19. The first-order valence-corrected chi connectivity index (χ1v) is 7.35. The van der Waals surface area contributed by atoms with Gasteiger partial charge in [0.1, 0.15) is 5.82 Å². The zero-order chi connectivity index (χ0) is 14.1. The van der Waals surface area contributed by atoms with Gasteiger partial charge in [0.15, 0.2) is 5.96 Å². The lowest BCUT2D eigenvalue weighted by Gasteiger charge is -2.11. The highest BCUT2D eigenvalue weighted by Gasteiger charge is 2.01. The van der Waals surface area contributed by atoms with E-state index >= 15 is 0 Å².